The molecule has 0 saturated carbocycles. The highest BCUT2D eigenvalue weighted by molar-refractivity contribution is 6.30. The Bertz CT molecular complexity index is 208. The first-order valence-electron chi connectivity index (χ1n) is 3.07. The molecule has 0 aliphatic heterocycles. The summed E-state index contributed by atoms with van der Waals surface area (Å²) in [5.41, 5.74) is 6.42. The normalized spacial score (nSPS) is 11.9. The first-order valence-corrected chi connectivity index (χ1v) is 3.45. The molecule has 0 spiro atoms. The van der Waals surface area contributed by atoms with Crippen molar-refractivity contribution in [2.75, 3.05) is 0 Å². The first-order chi connectivity index (χ1) is 4.70. The van der Waals surface area contributed by atoms with Gasteiger partial charge in [0.05, 0.1) is 10.7 Å². The summed E-state index contributed by atoms with van der Waals surface area (Å²) in [6.07, 6.45) is 1.60. The van der Waals surface area contributed by atoms with E-state index in [4.69, 9.17) is 17.3 Å². The summed E-state index contributed by atoms with van der Waals surface area (Å²) in [6.45, 7) is 1.89. The highest BCUT2D eigenvalue weighted by Gasteiger charge is 1.98. The number of hydrogen-bond acceptors (Lipinski definition) is 2. The lowest BCUT2D eigenvalue weighted by Gasteiger charge is -2.02. The van der Waals surface area contributed by atoms with Crippen LogP contribution in [0.3, 0.4) is 0 Å². The van der Waals surface area contributed by atoms with Crippen molar-refractivity contribution in [3.05, 3.63) is 29.0 Å². The molecule has 0 saturated heterocycles. The van der Waals surface area contributed by atoms with Crippen LogP contribution in [0.15, 0.2) is 18.3 Å². The van der Waals surface area contributed by atoms with Crippen LogP contribution in [-0.2, 0) is 0 Å². The molecule has 62 valence electrons. The molecular weight excluding hydrogens is 183 g/mol. The zero-order chi connectivity index (χ0) is 7.56. The summed E-state index contributed by atoms with van der Waals surface area (Å²) >= 11 is 5.61. The van der Waals surface area contributed by atoms with Gasteiger partial charge < -0.3 is 5.73 Å². The molecule has 2 N–H and O–H groups in total. The molecule has 1 aromatic rings. The van der Waals surface area contributed by atoms with Crippen LogP contribution in [0.2, 0.25) is 5.02 Å². The molecule has 0 aliphatic carbocycles. The maximum atomic E-state index is 5.61. The van der Waals surface area contributed by atoms with Gasteiger partial charge in [0.25, 0.3) is 0 Å². The van der Waals surface area contributed by atoms with E-state index in [9.17, 15) is 0 Å². The van der Waals surface area contributed by atoms with Crippen molar-refractivity contribution in [1.82, 2.24) is 4.98 Å². The van der Waals surface area contributed by atoms with Crippen LogP contribution in [-0.4, -0.2) is 4.98 Å². The molecule has 1 aromatic heterocycles. The van der Waals surface area contributed by atoms with Gasteiger partial charge in [-0.05, 0) is 19.1 Å². The van der Waals surface area contributed by atoms with Gasteiger partial charge in [-0.15, -0.1) is 12.4 Å². The summed E-state index contributed by atoms with van der Waals surface area (Å²) in [5.74, 6) is 0. The van der Waals surface area contributed by atoms with Gasteiger partial charge in [0.1, 0.15) is 0 Å². The molecule has 0 fully saturated rings. The van der Waals surface area contributed by atoms with Gasteiger partial charge in [0, 0.05) is 12.2 Å². The minimum absolute atomic E-state index is 0. The van der Waals surface area contributed by atoms with Crippen molar-refractivity contribution in [2.24, 2.45) is 5.73 Å². The molecule has 0 unspecified atom stereocenters. The lowest BCUT2D eigenvalue weighted by molar-refractivity contribution is 0.781. The third-order valence-corrected chi connectivity index (χ3v) is 1.44. The van der Waals surface area contributed by atoms with Crippen molar-refractivity contribution in [2.45, 2.75) is 13.0 Å². The van der Waals surface area contributed by atoms with E-state index in [1.165, 1.54) is 0 Å². The largest absolute Gasteiger partial charge is 0.323 e. The molecule has 1 heterocycles. The standard InChI is InChI=1S/C7H9ClN2.ClH/c1-5(9)7-3-2-6(8)4-10-7;/h2-5H,9H2,1H3;1H/t5-;/m1./s1. The second-order valence-electron chi connectivity index (χ2n) is 2.19. The van der Waals surface area contributed by atoms with Crippen LogP contribution in [0, 0.1) is 0 Å². The quantitative estimate of drug-likeness (QED) is 0.742. The third-order valence-electron chi connectivity index (χ3n) is 1.22. The second kappa shape index (κ2) is 4.54. The smallest absolute Gasteiger partial charge is 0.0589 e. The topological polar surface area (TPSA) is 38.9 Å². The molecule has 0 aliphatic rings. The zero-order valence-electron chi connectivity index (χ0n) is 6.12. The van der Waals surface area contributed by atoms with Crippen molar-refractivity contribution in [1.29, 1.82) is 0 Å². The van der Waals surface area contributed by atoms with Gasteiger partial charge in [-0.3, -0.25) is 4.98 Å². The van der Waals surface area contributed by atoms with Crippen molar-refractivity contribution in [3.63, 3.8) is 0 Å². The van der Waals surface area contributed by atoms with Gasteiger partial charge in [0.2, 0.25) is 0 Å². The molecule has 11 heavy (non-hydrogen) atoms. The Balaban J connectivity index is 0.000001000. The lowest BCUT2D eigenvalue weighted by atomic mass is 10.2. The number of aromatic nitrogens is 1. The van der Waals surface area contributed by atoms with Gasteiger partial charge >= 0.3 is 0 Å². The van der Waals surface area contributed by atoms with Gasteiger partial charge in [0.15, 0.2) is 0 Å². The van der Waals surface area contributed by atoms with Crippen molar-refractivity contribution >= 4 is 24.0 Å². The van der Waals surface area contributed by atoms with Gasteiger partial charge in [-0.2, -0.15) is 0 Å². The molecule has 0 radical (unpaired) electrons. The fourth-order valence-electron chi connectivity index (χ4n) is 0.657. The van der Waals surface area contributed by atoms with E-state index >= 15 is 0 Å². The molecule has 0 bridgehead atoms. The summed E-state index contributed by atoms with van der Waals surface area (Å²) in [7, 11) is 0. The summed E-state index contributed by atoms with van der Waals surface area (Å²) in [6, 6.07) is 3.59. The molecule has 1 atom stereocenters. The monoisotopic (exact) mass is 192 g/mol. The third kappa shape index (κ3) is 3.06. The molecule has 0 aromatic carbocycles. The van der Waals surface area contributed by atoms with E-state index in [1.807, 2.05) is 13.0 Å². The number of halogens is 2. The average Bonchev–Trinajstić information content (AvgIpc) is 1.88. The number of nitrogens with two attached hydrogens (primary N) is 1. The number of nitrogens with zero attached hydrogens (tertiary/aromatic N) is 1. The van der Waals surface area contributed by atoms with Gasteiger partial charge in [-0.1, -0.05) is 11.6 Å². The van der Waals surface area contributed by atoms with E-state index in [0.29, 0.717) is 5.02 Å². The highest BCUT2D eigenvalue weighted by atomic mass is 35.5. The summed E-state index contributed by atoms with van der Waals surface area (Å²) < 4.78 is 0. The molecule has 0 amide bonds. The van der Waals surface area contributed by atoms with Crippen LogP contribution >= 0.6 is 24.0 Å². The summed E-state index contributed by atoms with van der Waals surface area (Å²) in [4.78, 5) is 4.02. The minimum atomic E-state index is -0.0164. The Morgan fingerprint density at radius 3 is 2.55 bits per heavy atom. The Morgan fingerprint density at radius 2 is 2.18 bits per heavy atom. The second-order valence-corrected chi connectivity index (χ2v) is 2.63. The predicted octanol–water partition coefficient (Wildman–Crippen LogP) is 2.18. The number of rotatable bonds is 1. The Labute approximate surface area is 77.2 Å². The average molecular weight is 193 g/mol. The molecule has 2 nitrogen and oxygen atoms in total. The van der Waals surface area contributed by atoms with Gasteiger partial charge in [-0.25, -0.2) is 0 Å². The van der Waals surface area contributed by atoms with E-state index in [-0.39, 0.29) is 18.4 Å². The minimum Gasteiger partial charge on any atom is -0.323 e. The van der Waals surface area contributed by atoms with Crippen molar-refractivity contribution in [3.8, 4) is 0 Å². The van der Waals surface area contributed by atoms with Crippen LogP contribution in [0.5, 0.6) is 0 Å². The zero-order valence-corrected chi connectivity index (χ0v) is 7.69. The maximum Gasteiger partial charge on any atom is 0.0589 e. The van der Waals surface area contributed by atoms with Crippen LogP contribution < -0.4 is 5.73 Å². The van der Waals surface area contributed by atoms with E-state index in [2.05, 4.69) is 4.98 Å². The van der Waals surface area contributed by atoms with E-state index < -0.39 is 0 Å². The Hall–Kier alpha value is -0.310. The Morgan fingerprint density at radius 1 is 1.55 bits per heavy atom. The summed E-state index contributed by atoms with van der Waals surface area (Å²) in [5, 5.41) is 0.643. The lowest BCUT2D eigenvalue weighted by Crippen LogP contribution is -2.06. The van der Waals surface area contributed by atoms with E-state index in [0.717, 1.165) is 5.69 Å². The van der Waals surface area contributed by atoms with E-state index in [1.54, 1.807) is 12.3 Å². The fourth-order valence-corrected chi connectivity index (χ4v) is 0.768. The number of hydrogen-bond donors (Lipinski definition) is 1. The molecular formula is C7H10Cl2N2. The van der Waals surface area contributed by atoms with Crippen LogP contribution in [0.4, 0.5) is 0 Å². The SMILES string of the molecule is C[C@@H](N)c1ccc(Cl)cn1.Cl. The van der Waals surface area contributed by atoms with Crippen LogP contribution in [0.25, 0.3) is 0 Å². The Kier molecular flexibility index (Phi) is 4.42. The highest BCUT2D eigenvalue weighted by Crippen LogP contribution is 2.09. The molecule has 1 rings (SSSR count). The van der Waals surface area contributed by atoms with Crippen LogP contribution in [0.1, 0.15) is 18.7 Å². The predicted molar refractivity (Wildman–Crippen MR) is 49.1 cm³/mol. The van der Waals surface area contributed by atoms with Crippen molar-refractivity contribution < 1.29 is 0 Å². The first kappa shape index (κ1) is 10.7. The fraction of sp³-hybridized carbons (Fsp3) is 0.286. The molecule has 4 heteroatoms. The maximum absolute atomic E-state index is 5.61. The number of pyridine rings is 1.